The number of nitrogens with one attached hydrogen (secondary N) is 3. The van der Waals surface area contributed by atoms with Gasteiger partial charge in [0.15, 0.2) is 0 Å². The second-order valence-corrected chi connectivity index (χ2v) is 5.09. The summed E-state index contributed by atoms with van der Waals surface area (Å²) in [4.78, 5) is 23.0. The van der Waals surface area contributed by atoms with Crippen LogP contribution in [0.15, 0.2) is 53.1 Å². The van der Waals surface area contributed by atoms with Crippen LogP contribution in [-0.4, -0.2) is 31.2 Å². The van der Waals surface area contributed by atoms with Crippen LogP contribution >= 0.6 is 0 Å². The average molecular weight is 355 g/mol. The molecule has 0 saturated heterocycles. The van der Waals surface area contributed by atoms with Gasteiger partial charge in [0.05, 0.1) is 18.8 Å². The Balaban J connectivity index is 1.90. The molecule has 0 fully saturated rings. The zero-order valence-electron chi connectivity index (χ0n) is 13.0. The Hall–Kier alpha value is -2.81. The second-order valence-electron chi connectivity index (χ2n) is 5.09. The van der Waals surface area contributed by atoms with E-state index in [-0.39, 0.29) is 6.54 Å². The summed E-state index contributed by atoms with van der Waals surface area (Å²) in [5.41, 5.74) is 0.826. The Morgan fingerprint density at radius 1 is 1.08 bits per heavy atom. The smallest absolute Gasteiger partial charge is 0.405 e. The Morgan fingerprint density at radius 2 is 1.80 bits per heavy atom. The van der Waals surface area contributed by atoms with Crippen molar-refractivity contribution in [3.05, 3.63) is 60.1 Å². The number of urea groups is 1. The van der Waals surface area contributed by atoms with Crippen LogP contribution in [0.4, 0.5) is 18.0 Å². The van der Waals surface area contributed by atoms with Crippen molar-refractivity contribution in [3.63, 3.8) is 0 Å². The third-order valence-electron chi connectivity index (χ3n) is 3.13. The molecule has 9 heteroatoms. The number of imide groups is 1. The molecule has 1 aromatic heterocycles. The van der Waals surface area contributed by atoms with Crippen molar-refractivity contribution in [3.8, 4) is 0 Å². The summed E-state index contributed by atoms with van der Waals surface area (Å²) in [7, 11) is 0. The third-order valence-corrected chi connectivity index (χ3v) is 3.13. The molecule has 0 aliphatic rings. The van der Waals surface area contributed by atoms with Gasteiger partial charge in [-0.15, -0.1) is 0 Å². The third kappa shape index (κ3) is 6.30. The summed E-state index contributed by atoms with van der Waals surface area (Å²) in [6.45, 7) is -1.81. The van der Waals surface area contributed by atoms with Crippen LogP contribution in [0.2, 0.25) is 0 Å². The summed E-state index contributed by atoms with van der Waals surface area (Å²) in [6, 6.07) is 10.9. The first-order valence-corrected chi connectivity index (χ1v) is 7.31. The van der Waals surface area contributed by atoms with Gasteiger partial charge in [-0.2, -0.15) is 13.2 Å². The van der Waals surface area contributed by atoms with Crippen molar-refractivity contribution in [1.29, 1.82) is 0 Å². The van der Waals surface area contributed by atoms with Gasteiger partial charge >= 0.3 is 12.2 Å². The highest BCUT2D eigenvalue weighted by Gasteiger charge is 2.28. The van der Waals surface area contributed by atoms with Crippen molar-refractivity contribution in [2.45, 2.75) is 12.2 Å². The largest absolute Gasteiger partial charge is 0.467 e. The Bertz CT molecular complexity index is 688. The first-order valence-electron chi connectivity index (χ1n) is 7.31. The quantitative estimate of drug-likeness (QED) is 0.743. The highest BCUT2D eigenvalue weighted by atomic mass is 19.4. The fourth-order valence-electron chi connectivity index (χ4n) is 2.07. The topological polar surface area (TPSA) is 83.4 Å². The molecule has 2 aromatic rings. The van der Waals surface area contributed by atoms with E-state index in [0.717, 1.165) is 5.56 Å². The molecule has 0 radical (unpaired) electrons. The minimum absolute atomic E-state index is 0.292. The molecule has 1 heterocycles. The van der Waals surface area contributed by atoms with Crippen LogP contribution in [-0.2, 0) is 4.79 Å². The number of amides is 3. The molecule has 1 aromatic carbocycles. The Labute approximate surface area is 141 Å². The maximum atomic E-state index is 12.0. The van der Waals surface area contributed by atoms with E-state index in [0.29, 0.717) is 5.76 Å². The minimum Gasteiger partial charge on any atom is -0.467 e. The van der Waals surface area contributed by atoms with Gasteiger partial charge in [0.2, 0.25) is 5.91 Å². The molecule has 0 saturated carbocycles. The van der Waals surface area contributed by atoms with Gasteiger partial charge < -0.3 is 9.73 Å². The van der Waals surface area contributed by atoms with Gasteiger partial charge in [-0.3, -0.25) is 15.4 Å². The monoisotopic (exact) mass is 355 g/mol. The van der Waals surface area contributed by atoms with E-state index in [2.05, 4.69) is 5.32 Å². The van der Waals surface area contributed by atoms with Gasteiger partial charge in [-0.05, 0) is 17.7 Å². The van der Waals surface area contributed by atoms with Gasteiger partial charge in [0.25, 0.3) is 0 Å². The molecule has 0 aliphatic heterocycles. The summed E-state index contributed by atoms with van der Waals surface area (Å²) in [6.07, 6.45) is -3.06. The van der Waals surface area contributed by atoms with Crippen LogP contribution in [0.25, 0.3) is 0 Å². The molecular weight excluding hydrogens is 339 g/mol. The molecule has 134 valence electrons. The molecule has 2 rings (SSSR count). The zero-order chi connectivity index (χ0) is 18.3. The highest BCUT2D eigenvalue weighted by molar-refractivity contribution is 5.95. The number of halogens is 3. The summed E-state index contributed by atoms with van der Waals surface area (Å²) >= 11 is 0. The molecule has 3 amide bonds. The number of hydrogen-bond donors (Lipinski definition) is 3. The number of carbonyl (C=O) groups excluding carboxylic acids is 2. The predicted molar refractivity (Wildman–Crippen MR) is 82.6 cm³/mol. The maximum absolute atomic E-state index is 12.0. The molecule has 6 nitrogen and oxygen atoms in total. The standard InChI is InChI=1S/C16H16F3N3O3/c17-16(18,19)10-21-15(24)22-13(23)9-20-14(12-7-4-8-25-12)11-5-2-1-3-6-11/h1-8,14,20H,9-10H2,(H2,21,22,23,24)/t14-/m1/s1. The Kier molecular flexibility index (Phi) is 6.18. The zero-order valence-corrected chi connectivity index (χ0v) is 13.0. The number of rotatable bonds is 6. The molecule has 25 heavy (non-hydrogen) atoms. The van der Waals surface area contributed by atoms with E-state index in [4.69, 9.17) is 4.42 Å². The lowest BCUT2D eigenvalue weighted by molar-refractivity contribution is -0.124. The molecule has 3 N–H and O–H groups in total. The lowest BCUT2D eigenvalue weighted by Gasteiger charge is -2.17. The minimum atomic E-state index is -4.55. The molecule has 0 aliphatic carbocycles. The van der Waals surface area contributed by atoms with Gasteiger partial charge in [-0.1, -0.05) is 30.3 Å². The van der Waals surface area contributed by atoms with Crippen molar-refractivity contribution in [2.24, 2.45) is 0 Å². The van der Waals surface area contributed by atoms with Crippen molar-refractivity contribution in [1.82, 2.24) is 16.0 Å². The fourth-order valence-corrected chi connectivity index (χ4v) is 2.07. The number of carbonyl (C=O) groups is 2. The van der Waals surface area contributed by atoms with Gasteiger partial charge in [0.1, 0.15) is 12.3 Å². The Morgan fingerprint density at radius 3 is 2.40 bits per heavy atom. The number of alkyl halides is 3. The van der Waals surface area contributed by atoms with E-state index < -0.39 is 30.7 Å². The second kappa shape index (κ2) is 8.34. The molecule has 0 unspecified atom stereocenters. The van der Waals surface area contributed by atoms with Crippen LogP contribution in [0.3, 0.4) is 0 Å². The lowest BCUT2D eigenvalue weighted by atomic mass is 10.0. The van der Waals surface area contributed by atoms with Crippen LogP contribution < -0.4 is 16.0 Å². The van der Waals surface area contributed by atoms with E-state index in [1.807, 2.05) is 35.6 Å². The van der Waals surface area contributed by atoms with Crippen LogP contribution in [0.5, 0.6) is 0 Å². The first kappa shape index (κ1) is 18.5. The first-order chi connectivity index (χ1) is 11.8. The van der Waals surface area contributed by atoms with Crippen molar-refractivity contribution < 1.29 is 27.2 Å². The molecular formula is C16H16F3N3O3. The summed E-state index contributed by atoms with van der Waals surface area (Å²) in [5.74, 6) is -0.215. The van der Waals surface area contributed by atoms with Crippen molar-refractivity contribution in [2.75, 3.05) is 13.1 Å². The van der Waals surface area contributed by atoms with Crippen LogP contribution in [0.1, 0.15) is 17.4 Å². The molecule has 0 bridgehead atoms. The van der Waals surface area contributed by atoms with E-state index in [1.54, 1.807) is 17.4 Å². The van der Waals surface area contributed by atoms with Crippen molar-refractivity contribution >= 4 is 11.9 Å². The normalized spacial score (nSPS) is 12.4. The summed E-state index contributed by atoms with van der Waals surface area (Å²) in [5, 5.41) is 6.29. The lowest BCUT2D eigenvalue weighted by Crippen LogP contribution is -2.46. The summed E-state index contributed by atoms with van der Waals surface area (Å²) < 4.78 is 41.3. The van der Waals surface area contributed by atoms with Gasteiger partial charge in [0, 0.05) is 0 Å². The highest BCUT2D eigenvalue weighted by Crippen LogP contribution is 2.21. The average Bonchev–Trinajstić information content (AvgIpc) is 3.08. The predicted octanol–water partition coefficient (Wildman–Crippen LogP) is 2.35. The number of hydrogen-bond acceptors (Lipinski definition) is 4. The van der Waals surface area contributed by atoms with E-state index in [1.165, 1.54) is 6.26 Å². The maximum Gasteiger partial charge on any atom is 0.405 e. The van der Waals surface area contributed by atoms with E-state index in [9.17, 15) is 22.8 Å². The molecule has 1 atom stereocenters. The van der Waals surface area contributed by atoms with E-state index >= 15 is 0 Å². The number of benzene rings is 1. The molecule has 0 spiro atoms. The number of furan rings is 1. The van der Waals surface area contributed by atoms with Gasteiger partial charge in [-0.25, -0.2) is 4.79 Å². The SMILES string of the molecule is O=C(CN[C@H](c1ccccc1)c1ccco1)NC(=O)NCC(F)(F)F. The van der Waals surface area contributed by atoms with Crippen LogP contribution in [0, 0.1) is 0 Å². The fraction of sp³-hybridized carbons (Fsp3) is 0.250.